The van der Waals surface area contributed by atoms with Crippen LogP contribution < -0.4 is 4.90 Å². The Labute approximate surface area is 137 Å². The van der Waals surface area contributed by atoms with Crippen LogP contribution in [0.2, 0.25) is 0 Å². The number of halogens is 2. The maximum atomic E-state index is 13.5. The maximum Gasteiger partial charge on any atom is 0.414 e. The summed E-state index contributed by atoms with van der Waals surface area (Å²) in [5.41, 5.74) is 0.708. The number of anilines is 1. The fourth-order valence-corrected chi connectivity index (χ4v) is 2.36. The van der Waals surface area contributed by atoms with Crippen molar-refractivity contribution in [3.63, 3.8) is 0 Å². The molecule has 0 spiro atoms. The van der Waals surface area contributed by atoms with E-state index < -0.39 is 23.5 Å². The van der Waals surface area contributed by atoms with Crippen LogP contribution in [-0.4, -0.2) is 25.0 Å². The van der Waals surface area contributed by atoms with Gasteiger partial charge >= 0.3 is 6.09 Å². The second-order valence-electron chi connectivity index (χ2n) is 5.15. The topological polar surface area (TPSA) is 46.6 Å². The highest BCUT2D eigenvalue weighted by Crippen LogP contribution is 2.20. The van der Waals surface area contributed by atoms with Gasteiger partial charge in [-0.1, -0.05) is 6.07 Å². The lowest BCUT2D eigenvalue weighted by Crippen LogP contribution is -2.23. The highest BCUT2D eigenvalue weighted by Gasteiger charge is 2.23. The van der Waals surface area contributed by atoms with Crippen molar-refractivity contribution in [2.75, 3.05) is 18.1 Å². The average molecular weight is 329 g/mol. The molecule has 2 aromatic rings. The van der Waals surface area contributed by atoms with E-state index in [0.717, 1.165) is 24.3 Å². The first-order valence-corrected chi connectivity index (χ1v) is 7.27. The van der Waals surface area contributed by atoms with Crippen molar-refractivity contribution in [1.29, 1.82) is 0 Å². The van der Waals surface area contributed by atoms with Crippen molar-refractivity contribution >= 4 is 23.6 Å². The Hall–Kier alpha value is -3.02. The smallest absolute Gasteiger partial charge is 0.414 e. The Balaban J connectivity index is 1.76. The molecule has 1 aliphatic heterocycles. The van der Waals surface area contributed by atoms with E-state index in [0.29, 0.717) is 24.4 Å². The Kier molecular flexibility index (Phi) is 4.37. The van der Waals surface area contributed by atoms with Crippen LogP contribution in [0.25, 0.3) is 6.08 Å². The highest BCUT2D eigenvalue weighted by molar-refractivity contribution is 6.07. The number of ether oxygens (including phenoxy) is 1. The van der Waals surface area contributed by atoms with Crippen LogP contribution in [0.4, 0.5) is 19.3 Å². The number of carbonyl (C=O) groups excluding carboxylic acids is 2. The summed E-state index contributed by atoms with van der Waals surface area (Å²) in [7, 11) is 0. The lowest BCUT2D eigenvalue weighted by molar-refractivity contribution is 0.104. The predicted octanol–water partition coefficient (Wildman–Crippen LogP) is 3.82. The fourth-order valence-electron chi connectivity index (χ4n) is 2.36. The van der Waals surface area contributed by atoms with Gasteiger partial charge in [0.1, 0.15) is 18.2 Å². The molecule has 0 saturated carbocycles. The largest absolute Gasteiger partial charge is 0.447 e. The van der Waals surface area contributed by atoms with Crippen LogP contribution in [0.1, 0.15) is 15.9 Å². The third-order valence-corrected chi connectivity index (χ3v) is 3.63. The SMILES string of the molecule is O=C(C=Cc1c(F)cccc1F)c1ccc(N2CCOC2=O)cc1. The normalized spacial score (nSPS) is 14.2. The van der Waals surface area contributed by atoms with Crippen LogP contribution in [0.5, 0.6) is 0 Å². The standard InChI is InChI=1S/C18H13F2NO3/c19-15-2-1-3-16(20)14(15)8-9-17(22)12-4-6-13(7-5-12)21-10-11-24-18(21)23/h1-9H,10-11H2. The van der Waals surface area contributed by atoms with E-state index in [4.69, 9.17) is 4.74 Å². The van der Waals surface area contributed by atoms with Crippen molar-refractivity contribution in [1.82, 2.24) is 0 Å². The van der Waals surface area contributed by atoms with E-state index >= 15 is 0 Å². The molecule has 1 fully saturated rings. The number of ketones is 1. The van der Waals surface area contributed by atoms with Crippen LogP contribution in [0.15, 0.2) is 48.5 Å². The summed E-state index contributed by atoms with van der Waals surface area (Å²) >= 11 is 0. The van der Waals surface area contributed by atoms with Gasteiger partial charge in [0.15, 0.2) is 5.78 Å². The zero-order valence-electron chi connectivity index (χ0n) is 12.5. The summed E-state index contributed by atoms with van der Waals surface area (Å²) in [5.74, 6) is -1.86. The van der Waals surface area contributed by atoms with Gasteiger partial charge in [0.25, 0.3) is 0 Å². The molecule has 24 heavy (non-hydrogen) atoms. The van der Waals surface area contributed by atoms with Crippen LogP contribution in [0.3, 0.4) is 0 Å². The number of amides is 1. The number of benzene rings is 2. The zero-order valence-corrected chi connectivity index (χ0v) is 12.5. The number of hydrogen-bond acceptors (Lipinski definition) is 3. The quantitative estimate of drug-likeness (QED) is 0.633. The van der Waals surface area contributed by atoms with Crippen molar-refractivity contribution in [3.05, 3.63) is 71.3 Å². The lowest BCUT2D eigenvalue weighted by Gasteiger charge is -2.12. The van der Waals surface area contributed by atoms with E-state index in [-0.39, 0.29) is 5.56 Å². The van der Waals surface area contributed by atoms with E-state index in [1.54, 1.807) is 24.3 Å². The molecular weight excluding hydrogens is 316 g/mol. The number of allylic oxidation sites excluding steroid dienone is 1. The molecule has 4 nitrogen and oxygen atoms in total. The minimum absolute atomic E-state index is 0.262. The fraction of sp³-hybridized carbons (Fsp3) is 0.111. The van der Waals surface area contributed by atoms with Crippen LogP contribution in [-0.2, 0) is 4.74 Å². The van der Waals surface area contributed by atoms with Crippen molar-refractivity contribution < 1.29 is 23.1 Å². The van der Waals surface area contributed by atoms with Crippen molar-refractivity contribution in [3.8, 4) is 0 Å². The highest BCUT2D eigenvalue weighted by atomic mass is 19.1. The van der Waals surface area contributed by atoms with Gasteiger partial charge in [0.05, 0.1) is 6.54 Å². The number of cyclic esters (lactones) is 1. The summed E-state index contributed by atoms with van der Waals surface area (Å²) < 4.78 is 31.9. The van der Waals surface area contributed by atoms with Crippen molar-refractivity contribution in [2.45, 2.75) is 0 Å². The molecule has 6 heteroatoms. The lowest BCUT2D eigenvalue weighted by atomic mass is 10.1. The van der Waals surface area contributed by atoms with E-state index in [2.05, 4.69) is 0 Å². The Morgan fingerprint density at radius 2 is 1.75 bits per heavy atom. The molecule has 122 valence electrons. The third-order valence-electron chi connectivity index (χ3n) is 3.63. The molecule has 1 heterocycles. The minimum atomic E-state index is -0.734. The van der Waals surface area contributed by atoms with E-state index in [1.165, 1.54) is 11.0 Å². The second-order valence-corrected chi connectivity index (χ2v) is 5.15. The summed E-state index contributed by atoms with van der Waals surface area (Å²) in [4.78, 5) is 25.0. The molecule has 0 bridgehead atoms. The molecule has 1 amide bonds. The van der Waals surface area contributed by atoms with Crippen molar-refractivity contribution in [2.24, 2.45) is 0 Å². The van der Waals surface area contributed by atoms with Gasteiger partial charge in [0.2, 0.25) is 0 Å². The molecule has 1 aliphatic rings. The summed E-state index contributed by atoms with van der Waals surface area (Å²) in [6, 6.07) is 9.84. The first kappa shape index (κ1) is 15.9. The van der Waals surface area contributed by atoms with Gasteiger partial charge in [-0.05, 0) is 48.6 Å². The average Bonchev–Trinajstić information content (AvgIpc) is 3.00. The molecule has 1 saturated heterocycles. The van der Waals surface area contributed by atoms with Gasteiger partial charge < -0.3 is 4.74 Å². The van der Waals surface area contributed by atoms with Gasteiger partial charge in [-0.25, -0.2) is 13.6 Å². The molecule has 2 aromatic carbocycles. The maximum absolute atomic E-state index is 13.5. The molecule has 0 atom stereocenters. The Morgan fingerprint density at radius 1 is 1.08 bits per heavy atom. The van der Waals surface area contributed by atoms with Crippen LogP contribution >= 0.6 is 0 Å². The summed E-state index contributed by atoms with van der Waals surface area (Å²) in [5, 5.41) is 0. The zero-order chi connectivity index (χ0) is 17.1. The first-order chi connectivity index (χ1) is 11.6. The third kappa shape index (κ3) is 3.17. The van der Waals surface area contributed by atoms with Gasteiger partial charge in [-0.3, -0.25) is 9.69 Å². The number of hydrogen-bond donors (Lipinski definition) is 0. The van der Waals surface area contributed by atoms with Gasteiger partial charge in [0, 0.05) is 16.8 Å². The van der Waals surface area contributed by atoms with Gasteiger partial charge in [-0.15, -0.1) is 0 Å². The predicted molar refractivity (Wildman–Crippen MR) is 84.9 cm³/mol. The van der Waals surface area contributed by atoms with Crippen LogP contribution in [0, 0.1) is 11.6 Å². The molecular formula is C18H13F2NO3. The number of carbonyl (C=O) groups is 2. The molecule has 0 radical (unpaired) electrons. The number of rotatable bonds is 4. The first-order valence-electron chi connectivity index (χ1n) is 7.27. The van der Waals surface area contributed by atoms with E-state index in [1.807, 2.05) is 0 Å². The van der Waals surface area contributed by atoms with E-state index in [9.17, 15) is 18.4 Å². The molecule has 0 N–H and O–H groups in total. The van der Waals surface area contributed by atoms with Gasteiger partial charge in [-0.2, -0.15) is 0 Å². The Morgan fingerprint density at radius 3 is 2.33 bits per heavy atom. The Bertz CT molecular complexity index is 795. The molecule has 0 aromatic heterocycles. The molecule has 0 aliphatic carbocycles. The molecule has 3 rings (SSSR count). The summed E-state index contributed by atoms with van der Waals surface area (Å²) in [6.07, 6.45) is 1.79. The monoisotopic (exact) mass is 329 g/mol. The minimum Gasteiger partial charge on any atom is -0.447 e. The molecule has 0 unspecified atom stereocenters. The number of nitrogens with zero attached hydrogens (tertiary/aromatic N) is 1. The second kappa shape index (κ2) is 6.62. The summed E-state index contributed by atoms with van der Waals surface area (Å²) in [6.45, 7) is 0.787.